The van der Waals surface area contributed by atoms with Crippen LogP contribution in [0, 0.1) is 0 Å². The highest BCUT2D eigenvalue weighted by atomic mass is 35.5. The van der Waals surface area contributed by atoms with E-state index in [2.05, 4.69) is 17.5 Å². The zero-order chi connectivity index (χ0) is 13.7. The van der Waals surface area contributed by atoms with Gasteiger partial charge >= 0.3 is 0 Å². The van der Waals surface area contributed by atoms with Gasteiger partial charge in [0.25, 0.3) is 0 Å². The van der Waals surface area contributed by atoms with E-state index in [0.717, 1.165) is 24.8 Å². The van der Waals surface area contributed by atoms with Crippen LogP contribution < -0.4 is 0 Å². The minimum atomic E-state index is -0.365. The molecule has 4 heteroatoms. The van der Waals surface area contributed by atoms with E-state index in [1.165, 1.54) is 4.88 Å². The molecule has 0 spiro atoms. The van der Waals surface area contributed by atoms with E-state index in [1.807, 2.05) is 12.1 Å². The van der Waals surface area contributed by atoms with Crippen molar-refractivity contribution in [3.8, 4) is 0 Å². The van der Waals surface area contributed by atoms with Crippen LogP contribution in [-0.4, -0.2) is 11.2 Å². The van der Waals surface area contributed by atoms with E-state index in [0.29, 0.717) is 16.5 Å². The summed E-state index contributed by atoms with van der Waals surface area (Å²) >= 11 is 13.8. The van der Waals surface area contributed by atoms with Gasteiger partial charge in [-0.3, -0.25) is 0 Å². The molecule has 1 aromatic heterocycles. The summed E-state index contributed by atoms with van der Waals surface area (Å²) in [7, 11) is 0. The molecule has 0 aliphatic rings. The third kappa shape index (κ3) is 4.50. The Kier molecular flexibility index (Phi) is 5.71. The minimum absolute atomic E-state index is 0.365. The average molecular weight is 315 g/mol. The van der Waals surface area contributed by atoms with Gasteiger partial charge in [0.15, 0.2) is 0 Å². The second kappa shape index (κ2) is 7.30. The number of hydrogen-bond donors (Lipinski definition) is 1. The molecule has 102 valence electrons. The van der Waals surface area contributed by atoms with Gasteiger partial charge in [-0.2, -0.15) is 0 Å². The van der Waals surface area contributed by atoms with Crippen LogP contribution in [0.15, 0.2) is 35.7 Å². The van der Waals surface area contributed by atoms with Crippen LogP contribution >= 0.6 is 34.5 Å². The van der Waals surface area contributed by atoms with Crippen LogP contribution in [0.1, 0.15) is 23.3 Å². The van der Waals surface area contributed by atoms with Crippen LogP contribution in [0.5, 0.6) is 0 Å². The molecule has 0 radical (unpaired) electrons. The van der Waals surface area contributed by atoms with Crippen molar-refractivity contribution in [3.63, 3.8) is 0 Å². The van der Waals surface area contributed by atoms with Gasteiger partial charge in [-0.1, -0.05) is 41.4 Å². The van der Waals surface area contributed by atoms with Crippen molar-refractivity contribution in [2.75, 3.05) is 0 Å². The smallest absolute Gasteiger partial charge is 0.0625 e. The van der Waals surface area contributed by atoms with E-state index in [-0.39, 0.29) is 6.10 Å². The van der Waals surface area contributed by atoms with Gasteiger partial charge in [0.2, 0.25) is 0 Å². The molecule has 0 saturated heterocycles. The van der Waals surface area contributed by atoms with Crippen LogP contribution in [0.4, 0.5) is 0 Å². The molecule has 0 aliphatic carbocycles. The van der Waals surface area contributed by atoms with Crippen LogP contribution in [0.2, 0.25) is 10.0 Å². The predicted molar refractivity (Wildman–Crippen MR) is 83.4 cm³/mol. The Morgan fingerprint density at radius 2 is 2.00 bits per heavy atom. The number of aliphatic hydroxyl groups is 1. The first-order valence-electron chi connectivity index (χ1n) is 6.30. The van der Waals surface area contributed by atoms with E-state index >= 15 is 0 Å². The van der Waals surface area contributed by atoms with Crippen molar-refractivity contribution in [3.05, 3.63) is 56.2 Å². The Balaban J connectivity index is 1.80. The van der Waals surface area contributed by atoms with E-state index in [1.54, 1.807) is 17.4 Å². The average Bonchev–Trinajstić information content (AvgIpc) is 2.88. The zero-order valence-electron chi connectivity index (χ0n) is 10.5. The summed E-state index contributed by atoms with van der Waals surface area (Å²) in [5, 5.41) is 13.2. The number of aryl methyl sites for hydroxylation is 1. The maximum atomic E-state index is 10.0. The highest BCUT2D eigenvalue weighted by Gasteiger charge is 2.10. The van der Waals surface area contributed by atoms with Gasteiger partial charge in [0, 0.05) is 4.88 Å². The third-order valence-corrected chi connectivity index (χ3v) is 4.82. The van der Waals surface area contributed by atoms with Crippen molar-refractivity contribution in [1.29, 1.82) is 0 Å². The van der Waals surface area contributed by atoms with Crippen molar-refractivity contribution >= 4 is 34.5 Å². The Morgan fingerprint density at radius 1 is 1.16 bits per heavy atom. The lowest BCUT2D eigenvalue weighted by Gasteiger charge is -2.12. The molecule has 0 aliphatic heterocycles. The highest BCUT2D eigenvalue weighted by Crippen LogP contribution is 2.27. The zero-order valence-corrected chi connectivity index (χ0v) is 12.8. The first-order valence-corrected chi connectivity index (χ1v) is 7.93. The standard InChI is InChI=1S/C15H16Cl2OS/c16-14-8-1-4-11(15(14)17)10-12(18)5-2-6-13-7-3-9-19-13/h1,3-4,7-9,12,18H,2,5-6,10H2. The van der Waals surface area contributed by atoms with E-state index < -0.39 is 0 Å². The van der Waals surface area contributed by atoms with Crippen LogP contribution in [0.3, 0.4) is 0 Å². The third-order valence-electron chi connectivity index (χ3n) is 3.03. The molecule has 19 heavy (non-hydrogen) atoms. The lowest BCUT2D eigenvalue weighted by Crippen LogP contribution is -2.11. The summed E-state index contributed by atoms with van der Waals surface area (Å²) in [5.41, 5.74) is 0.915. The minimum Gasteiger partial charge on any atom is -0.393 e. The molecule has 1 aromatic carbocycles. The predicted octanol–water partition coefficient (Wildman–Crippen LogP) is 4.98. The second-order valence-corrected chi connectivity index (χ2v) is 6.36. The first kappa shape index (κ1) is 14.9. The van der Waals surface area contributed by atoms with Crippen LogP contribution in [0.25, 0.3) is 0 Å². The molecule has 1 atom stereocenters. The van der Waals surface area contributed by atoms with E-state index in [9.17, 15) is 5.11 Å². The summed E-state index contributed by atoms with van der Waals surface area (Å²) in [5.74, 6) is 0. The number of benzene rings is 1. The molecule has 1 nitrogen and oxygen atoms in total. The first-order chi connectivity index (χ1) is 9.16. The number of thiophene rings is 1. The normalized spacial score (nSPS) is 12.6. The Hall–Kier alpha value is -0.540. The van der Waals surface area contributed by atoms with Gasteiger partial charge in [0.05, 0.1) is 16.1 Å². The van der Waals surface area contributed by atoms with E-state index in [4.69, 9.17) is 23.2 Å². The van der Waals surface area contributed by atoms with Crippen molar-refractivity contribution < 1.29 is 5.11 Å². The summed E-state index contributed by atoms with van der Waals surface area (Å²) in [6.07, 6.45) is 2.98. The van der Waals surface area contributed by atoms with Gasteiger partial charge < -0.3 is 5.11 Å². The van der Waals surface area contributed by atoms with Gasteiger partial charge in [0.1, 0.15) is 0 Å². The molecule has 2 aromatic rings. The van der Waals surface area contributed by atoms with Crippen molar-refractivity contribution in [1.82, 2.24) is 0 Å². The molecule has 0 saturated carbocycles. The topological polar surface area (TPSA) is 20.2 Å². The number of aliphatic hydroxyl groups excluding tert-OH is 1. The summed E-state index contributed by atoms with van der Waals surface area (Å²) in [6.45, 7) is 0. The summed E-state index contributed by atoms with van der Waals surface area (Å²) < 4.78 is 0. The fraction of sp³-hybridized carbons (Fsp3) is 0.333. The fourth-order valence-electron chi connectivity index (χ4n) is 2.03. The lowest BCUT2D eigenvalue weighted by molar-refractivity contribution is 0.162. The molecule has 0 fully saturated rings. The lowest BCUT2D eigenvalue weighted by atomic mass is 10.0. The molecule has 1 unspecified atom stereocenters. The molecule has 2 rings (SSSR count). The number of hydrogen-bond acceptors (Lipinski definition) is 2. The maximum Gasteiger partial charge on any atom is 0.0625 e. The molecule has 1 heterocycles. The van der Waals surface area contributed by atoms with Crippen molar-refractivity contribution in [2.45, 2.75) is 31.8 Å². The maximum absolute atomic E-state index is 10.0. The Bertz CT molecular complexity index is 511. The molecule has 0 amide bonds. The van der Waals surface area contributed by atoms with Gasteiger partial charge in [-0.25, -0.2) is 0 Å². The fourth-order valence-corrected chi connectivity index (χ4v) is 3.18. The summed E-state index contributed by atoms with van der Waals surface area (Å²) in [6, 6.07) is 9.72. The quantitative estimate of drug-likeness (QED) is 0.797. The van der Waals surface area contributed by atoms with Crippen molar-refractivity contribution in [2.24, 2.45) is 0 Å². The number of rotatable bonds is 6. The Morgan fingerprint density at radius 3 is 2.74 bits per heavy atom. The van der Waals surface area contributed by atoms with Gasteiger partial charge in [-0.15, -0.1) is 11.3 Å². The largest absolute Gasteiger partial charge is 0.393 e. The molecular formula is C15H16Cl2OS. The molecular weight excluding hydrogens is 299 g/mol. The van der Waals surface area contributed by atoms with Gasteiger partial charge in [-0.05, 0) is 48.8 Å². The number of halogens is 2. The second-order valence-electron chi connectivity index (χ2n) is 4.54. The molecule has 1 N–H and O–H groups in total. The molecule has 0 bridgehead atoms. The monoisotopic (exact) mass is 314 g/mol. The Labute approximate surface area is 127 Å². The highest BCUT2D eigenvalue weighted by molar-refractivity contribution is 7.09. The summed E-state index contributed by atoms with van der Waals surface area (Å²) in [4.78, 5) is 1.37. The SMILES string of the molecule is OC(CCCc1cccs1)Cc1cccc(Cl)c1Cl. The van der Waals surface area contributed by atoms with Crippen LogP contribution in [-0.2, 0) is 12.8 Å².